The van der Waals surface area contributed by atoms with Crippen LogP contribution in [0.2, 0.25) is 6.32 Å². The van der Waals surface area contributed by atoms with Gasteiger partial charge < -0.3 is 14.0 Å². The fourth-order valence-corrected chi connectivity index (χ4v) is 3.72. The maximum atomic E-state index is 13.2. The van der Waals surface area contributed by atoms with Gasteiger partial charge in [0.05, 0.1) is 11.2 Å². The van der Waals surface area contributed by atoms with E-state index >= 15 is 0 Å². The van der Waals surface area contributed by atoms with Gasteiger partial charge in [-0.15, -0.1) is 0 Å². The number of aliphatic imine (C=N–C) groups is 1. The quantitative estimate of drug-likeness (QED) is 0.207. The van der Waals surface area contributed by atoms with Crippen LogP contribution in [-0.4, -0.2) is 41.1 Å². The molecule has 1 unspecified atom stereocenters. The molecule has 5 nitrogen and oxygen atoms in total. The Morgan fingerprint density at radius 1 is 1.03 bits per heavy atom. The lowest BCUT2D eigenvalue weighted by Crippen LogP contribution is -2.43. The second-order valence-corrected chi connectivity index (χ2v) is 11.1. The molecule has 0 N–H and O–H groups in total. The normalized spacial score (nSPS) is 20.5. The molecule has 1 atom stereocenters. The molecule has 1 rings (SSSR count). The number of hydrogen-bond donors (Lipinski definition) is 0. The number of nitrogens with zero attached hydrogens (tertiary/aromatic N) is 1. The fraction of sp³-hybridized carbons (Fsp3) is 0.913. The summed E-state index contributed by atoms with van der Waals surface area (Å²) in [5, 5.41) is 0. The number of carbonyl (C=O) groups excluding carboxylic acids is 1. The first-order valence-electron chi connectivity index (χ1n) is 11.1. The Balaban J connectivity index is 2.84. The molecule has 168 valence electrons. The molecule has 29 heavy (non-hydrogen) atoms. The van der Waals surface area contributed by atoms with E-state index in [0.29, 0.717) is 18.8 Å². The number of rotatable bonds is 9. The SMILES string of the molecule is CC(C)=NC(CCCCB1OC(C)(C)C(C)(C)O1)(CC(C)C)C(=O)OC(C)(C)C. The van der Waals surface area contributed by atoms with Gasteiger partial charge in [-0.3, -0.25) is 4.99 Å². The highest BCUT2D eigenvalue weighted by Gasteiger charge is 2.50. The van der Waals surface area contributed by atoms with Crippen LogP contribution < -0.4 is 0 Å². The van der Waals surface area contributed by atoms with Gasteiger partial charge in [0.25, 0.3) is 0 Å². The number of ether oxygens (including phenoxy) is 1. The van der Waals surface area contributed by atoms with Crippen LogP contribution in [-0.2, 0) is 18.8 Å². The van der Waals surface area contributed by atoms with Gasteiger partial charge in [0.2, 0.25) is 0 Å². The van der Waals surface area contributed by atoms with Crippen molar-refractivity contribution in [2.24, 2.45) is 10.9 Å². The minimum atomic E-state index is -0.823. The molecule has 1 heterocycles. The molecule has 1 aliphatic rings. The van der Waals surface area contributed by atoms with E-state index in [2.05, 4.69) is 41.5 Å². The molecule has 0 bridgehead atoms. The summed E-state index contributed by atoms with van der Waals surface area (Å²) in [5.41, 5.74) is -1.06. The van der Waals surface area contributed by atoms with E-state index in [0.717, 1.165) is 24.9 Å². The van der Waals surface area contributed by atoms with Crippen molar-refractivity contribution in [2.45, 2.75) is 131 Å². The molecule has 0 aliphatic carbocycles. The number of esters is 1. The summed E-state index contributed by atoms with van der Waals surface area (Å²) in [5.74, 6) is 0.129. The summed E-state index contributed by atoms with van der Waals surface area (Å²) in [6.07, 6.45) is 3.95. The molecule has 6 heteroatoms. The van der Waals surface area contributed by atoms with Gasteiger partial charge in [-0.2, -0.15) is 0 Å². The molecule has 0 radical (unpaired) electrons. The van der Waals surface area contributed by atoms with Gasteiger partial charge in [0.15, 0.2) is 5.54 Å². The molecule has 1 saturated heterocycles. The standard InChI is InChI=1S/C23H44BNO4/c1-17(2)16-23(25-18(3)4,19(26)27-20(5,6)7)14-12-13-15-24-28-21(8,9)22(10,11)29-24/h17H,12-16H2,1-11H3. The van der Waals surface area contributed by atoms with E-state index in [1.807, 2.05) is 34.6 Å². The average Bonchev–Trinajstić information content (AvgIpc) is 2.68. The Kier molecular flexibility index (Phi) is 8.58. The van der Waals surface area contributed by atoms with Crippen LogP contribution in [0.5, 0.6) is 0 Å². The summed E-state index contributed by atoms with van der Waals surface area (Å²) in [4.78, 5) is 18.0. The first-order valence-corrected chi connectivity index (χ1v) is 11.1. The molecule has 0 aromatic heterocycles. The molecule has 0 saturated carbocycles. The number of unbranched alkanes of at least 4 members (excludes halogenated alkanes) is 1. The van der Waals surface area contributed by atoms with E-state index in [-0.39, 0.29) is 24.3 Å². The average molecular weight is 409 g/mol. The minimum absolute atomic E-state index is 0.197. The highest BCUT2D eigenvalue weighted by molar-refractivity contribution is 6.45. The summed E-state index contributed by atoms with van der Waals surface area (Å²) < 4.78 is 18.0. The van der Waals surface area contributed by atoms with Crippen molar-refractivity contribution in [1.82, 2.24) is 0 Å². The van der Waals surface area contributed by atoms with Crippen molar-refractivity contribution in [3.8, 4) is 0 Å². The van der Waals surface area contributed by atoms with Crippen molar-refractivity contribution in [3.05, 3.63) is 0 Å². The zero-order chi connectivity index (χ0) is 22.7. The predicted molar refractivity (Wildman–Crippen MR) is 122 cm³/mol. The highest BCUT2D eigenvalue weighted by atomic mass is 16.7. The lowest BCUT2D eigenvalue weighted by Gasteiger charge is -2.33. The van der Waals surface area contributed by atoms with Crippen LogP contribution >= 0.6 is 0 Å². The van der Waals surface area contributed by atoms with Crippen LogP contribution in [0.25, 0.3) is 0 Å². The van der Waals surface area contributed by atoms with Crippen LogP contribution in [0.3, 0.4) is 0 Å². The highest BCUT2D eigenvalue weighted by Crippen LogP contribution is 2.38. The number of hydrogen-bond acceptors (Lipinski definition) is 5. The van der Waals surface area contributed by atoms with Gasteiger partial charge in [-0.25, -0.2) is 4.79 Å². The topological polar surface area (TPSA) is 57.1 Å². The van der Waals surface area contributed by atoms with Crippen LogP contribution in [0.15, 0.2) is 4.99 Å². The van der Waals surface area contributed by atoms with Crippen molar-refractivity contribution < 1.29 is 18.8 Å². The Bertz CT molecular complexity index is 572. The molecule has 0 spiro atoms. The summed E-state index contributed by atoms with van der Waals surface area (Å²) in [6, 6.07) is 0. The van der Waals surface area contributed by atoms with Crippen molar-refractivity contribution in [2.75, 3.05) is 0 Å². The second kappa shape index (κ2) is 9.51. The van der Waals surface area contributed by atoms with Gasteiger partial charge in [-0.05, 0) is 87.4 Å². The van der Waals surface area contributed by atoms with Gasteiger partial charge >= 0.3 is 13.1 Å². The Labute approximate surface area is 179 Å². The summed E-state index contributed by atoms with van der Waals surface area (Å²) >= 11 is 0. The molecule has 1 aliphatic heterocycles. The third-order valence-electron chi connectivity index (χ3n) is 5.54. The fourth-order valence-electron chi connectivity index (χ4n) is 3.72. The Morgan fingerprint density at radius 2 is 1.55 bits per heavy atom. The van der Waals surface area contributed by atoms with Crippen LogP contribution in [0.1, 0.15) is 102 Å². The van der Waals surface area contributed by atoms with E-state index < -0.39 is 11.1 Å². The molecule has 1 fully saturated rings. The lowest BCUT2D eigenvalue weighted by molar-refractivity contribution is -0.162. The number of carbonyl (C=O) groups is 1. The maximum Gasteiger partial charge on any atom is 0.457 e. The zero-order valence-electron chi connectivity index (χ0n) is 20.8. The zero-order valence-corrected chi connectivity index (χ0v) is 20.8. The maximum absolute atomic E-state index is 13.2. The van der Waals surface area contributed by atoms with E-state index in [9.17, 15) is 4.79 Å². The monoisotopic (exact) mass is 409 g/mol. The lowest BCUT2D eigenvalue weighted by atomic mass is 9.79. The molecular formula is C23H44BNO4. The van der Waals surface area contributed by atoms with Crippen LogP contribution in [0.4, 0.5) is 0 Å². The first kappa shape index (κ1) is 26.2. The summed E-state index contributed by atoms with van der Waals surface area (Å²) in [7, 11) is -0.197. The Morgan fingerprint density at radius 3 is 1.97 bits per heavy atom. The van der Waals surface area contributed by atoms with Gasteiger partial charge in [0, 0.05) is 5.71 Å². The van der Waals surface area contributed by atoms with Crippen molar-refractivity contribution in [3.63, 3.8) is 0 Å². The third-order valence-corrected chi connectivity index (χ3v) is 5.54. The van der Waals surface area contributed by atoms with Crippen molar-refractivity contribution in [1.29, 1.82) is 0 Å². The van der Waals surface area contributed by atoms with E-state index in [4.69, 9.17) is 19.0 Å². The van der Waals surface area contributed by atoms with Gasteiger partial charge in [0.1, 0.15) is 5.60 Å². The third kappa shape index (κ3) is 7.71. The largest absolute Gasteiger partial charge is 0.458 e. The second-order valence-electron chi connectivity index (χ2n) is 11.1. The molecule has 0 amide bonds. The molecular weight excluding hydrogens is 365 g/mol. The predicted octanol–water partition coefficient (Wildman–Crippen LogP) is 5.86. The van der Waals surface area contributed by atoms with E-state index in [1.165, 1.54) is 0 Å². The van der Waals surface area contributed by atoms with Crippen molar-refractivity contribution >= 4 is 18.8 Å². The Hall–Kier alpha value is -0.875. The van der Waals surface area contributed by atoms with E-state index in [1.54, 1.807) is 0 Å². The van der Waals surface area contributed by atoms with Crippen LogP contribution in [0, 0.1) is 5.92 Å². The van der Waals surface area contributed by atoms with Gasteiger partial charge in [-0.1, -0.05) is 26.7 Å². The smallest absolute Gasteiger partial charge is 0.457 e. The summed E-state index contributed by atoms with van der Waals surface area (Å²) in [6.45, 7) is 22.2. The minimum Gasteiger partial charge on any atom is -0.458 e. The molecule has 0 aromatic carbocycles. The first-order chi connectivity index (χ1) is 13.0. The molecule has 0 aromatic rings.